The molecule has 2 aliphatic rings. The number of halogens is 1. The van der Waals surface area contributed by atoms with Gasteiger partial charge in [0.25, 0.3) is 0 Å². The van der Waals surface area contributed by atoms with E-state index in [1.54, 1.807) is 7.11 Å². The van der Waals surface area contributed by atoms with Crippen LogP contribution in [0.15, 0.2) is 24.3 Å². The van der Waals surface area contributed by atoms with Gasteiger partial charge in [0.2, 0.25) is 11.8 Å². The second-order valence-corrected chi connectivity index (χ2v) is 7.80. The van der Waals surface area contributed by atoms with E-state index in [1.807, 2.05) is 29.2 Å². The molecule has 0 aliphatic carbocycles. The first kappa shape index (κ1) is 22.5. The number of ether oxygens (including phenoxy) is 1. The van der Waals surface area contributed by atoms with Crippen LogP contribution in [-0.4, -0.2) is 49.5 Å². The maximum Gasteiger partial charge on any atom is 0.245 e. The van der Waals surface area contributed by atoms with Crippen molar-refractivity contribution in [2.24, 2.45) is 11.8 Å². The quantitative estimate of drug-likeness (QED) is 0.725. The molecule has 2 N–H and O–H groups in total. The zero-order valence-corrected chi connectivity index (χ0v) is 17.6. The second-order valence-electron chi connectivity index (χ2n) is 7.80. The van der Waals surface area contributed by atoms with E-state index < -0.39 is 0 Å². The van der Waals surface area contributed by atoms with Gasteiger partial charge >= 0.3 is 0 Å². The van der Waals surface area contributed by atoms with Crippen LogP contribution in [-0.2, 0) is 16.1 Å². The molecule has 3 unspecified atom stereocenters. The first-order valence-corrected chi connectivity index (χ1v) is 9.98. The van der Waals surface area contributed by atoms with Crippen LogP contribution in [0.4, 0.5) is 0 Å². The van der Waals surface area contributed by atoms with Gasteiger partial charge in [-0.15, -0.1) is 12.4 Å². The molecule has 1 aromatic carbocycles. The number of hydrogen-bond donors (Lipinski definition) is 2. The summed E-state index contributed by atoms with van der Waals surface area (Å²) in [6.45, 7) is 5.46. The van der Waals surface area contributed by atoms with Crippen molar-refractivity contribution < 1.29 is 14.3 Å². The topological polar surface area (TPSA) is 70.7 Å². The number of nitrogens with zero attached hydrogens (tertiary/aromatic N) is 1. The molecule has 0 aromatic heterocycles. The third-order valence-electron chi connectivity index (χ3n) is 5.81. The number of nitrogens with one attached hydrogen (secondary N) is 2. The Hall–Kier alpha value is -1.79. The lowest BCUT2D eigenvalue weighted by Gasteiger charge is -2.28. The molecule has 28 heavy (non-hydrogen) atoms. The Balaban J connectivity index is 0.00000280. The van der Waals surface area contributed by atoms with E-state index in [9.17, 15) is 9.59 Å². The van der Waals surface area contributed by atoms with Crippen molar-refractivity contribution in [2.75, 3.05) is 26.7 Å². The number of hydrogen-bond acceptors (Lipinski definition) is 4. The van der Waals surface area contributed by atoms with Gasteiger partial charge in [-0.05, 0) is 61.9 Å². The molecule has 2 fully saturated rings. The fourth-order valence-electron chi connectivity index (χ4n) is 4.06. The van der Waals surface area contributed by atoms with Crippen LogP contribution in [0.25, 0.3) is 0 Å². The van der Waals surface area contributed by atoms with Gasteiger partial charge in [0, 0.05) is 19.5 Å². The zero-order valence-electron chi connectivity index (χ0n) is 16.8. The van der Waals surface area contributed by atoms with Gasteiger partial charge in [0.15, 0.2) is 0 Å². The average molecular weight is 410 g/mol. The van der Waals surface area contributed by atoms with Crippen molar-refractivity contribution in [2.45, 2.75) is 45.2 Å². The summed E-state index contributed by atoms with van der Waals surface area (Å²) in [5.41, 5.74) is 1.06. The van der Waals surface area contributed by atoms with Crippen LogP contribution in [0.3, 0.4) is 0 Å². The zero-order chi connectivity index (χ0) is 19.2. The van der Waals surface area contributed by atoms with Crippen LogP contribution >= 0.6 is 12.4 Å². The molecule has 0 spiro atoms. The van der Waals surface area contributed by atoms with Crippen molar-refractivity contribution >= 4 is 24.2 Å². The molecule has 6 nitrogen and oxygen atoms in total. The first-order valence-electron chi connectivity index (χ1n) is 9.98. The summed E-state index contributed by atoms with van der Waals surface area (Å²) in [4.78, 5) is 26.9. The van der Waals surface area contributed by atoms with Crippen LogP contribution in [0.5, 0.6) is 5.75 Å². The first-order chi connectivity index (χ1) is 13.1. The van der Waals surface area contributed by atoms with Crippen LogP contribution in [0, 0.1) is 11.8 Å². The predicted molar refractivity (Wildman–Crippen MR) is 112 cm³/mol. The van der Waals surface area contributed by atoms with Crippen molar-refractivity contribution in [1.82, 2.24) is 15.5 Å². The maximum absolute atomic E-state index is 12.6. The Labute approximate surface area is 173 Å². The third kappa shape index (κ3) is 5.85. The molecule has 1 aromatic rings. The van der Waals surface area contributed by atoms with Crippen molar-refractivity contribution in [3.05, 3.63) is 29.8 Å². The number of carbonyl (C=O) groups excluding carboxylic acids is 2. The highest BCUT2D eigenvalue weighted by Gasteiger charge is 2.33. The van der Waals surface area contributed by atoms with Crippen LogP contribution in [0.2, 0.25) is 0 Å². The van der Waals surface area contributed by atoms with Crippen molar-refractivity contribution in [3.63, 3.8) is 0 Å². The van der Waals surface area contributed by atoms with E-state index in [0.29, 0.717) is 37.8 Å². The minimum absolute atomic E-state index is 0. The minimum atomic E-state index is -0.382. The minimum Gasteiger partial charge on any atom is -0.497 e. The van der Waals surface area contributed by atoms with Crippen molar-refractivity contribution in [1.29, 1.82) is 0 Å². The Morgan fingerprint density at radius 3 is 2.71 bits per heavy atom. The summed E-state index contributed by atoms with van der Waals surface area (Å²) >= 11 is 0. The van der Waals surface area contributed by atoms with Gasteiger partial charge in [0.05, 0.1) is 7.11 Å². The standard InChI is InChI=1S/C21H31N3O3.ClH/c1-15(17-4-3-10-22-13-17)12-20(25)23-19-9-11-24(21(19)26)14-16-5-7-18(27-2)8-6-16;/h5-8,15,17,19,22H,3-4,9-14H2,1-2H3,(H,23,25);1H. The molecule has 7 heteroatoms. The van der Waals surface area contributed by atoms with Gasteiger partial charge < -0.3 is 20.3 Å². The predicted octanol–water partition coefficient (Wildman–Crippen LogP) is 2.36. The molecule has 156 valence electrons. The summed E-state index contributed by atoms with van der Waals surface area (Å²) in [6.07, 6.45) is 3.53. The molecule has 0 bridgehead atoms. The lowest BCUT2D eigenvalue weighted by molar-refractivity contribution is -0.133. The monoisotopic (exact) mass is 409 g/mol. The van der Waals surface area contributed by atoms with Gasteiger partial charge in [-0.3, -0.25) is 9.59 Å². The third-order valence-corrected chi connectivity index (χ3v) is 5.81. The number of amides is 2. The smallest absolute Gasteiger partial charge is 0.245 e. The Morgan fingerprint density at radius 2 is 2.07 bits per heavy atom. The molecule has 2 amide bonds. The Bertz CT molecular complexity index is 647. The van der Waals surface area contributed by atoms with Gasteiger partial charge in [-0.2, -0.15) is 0 Å². The molecule has 0 saturated carbocycles. The number of carbonyl (C=O) groups is 2. The maximum atomic E-state index is 12.6. The van der Waals surface area contributed by atoms with E-state index in [2.05, 4.69) is 17.6 Å². The average Bonchev–Trinajstić information content (AvgIpc) is 3.02. The van der Waals surface area contributed by atoms with E-state index in [4.69, 9.17) is 4.74 Å². The molecule has 0 radical (unpaired) electrons. The van der Waals surface area contributed by atoms with E-state index in [1.165, 1.54) is 12.8 Å². The fourth-order valence-corrected chi connectivity index (χ4v) is 4.06. The highest BCUT2D eigenvalue weighted by Crippen LogP contribution is 2.23. The normalized spacial score (nSPS) is 23.1. The largest absolute Gasteiger partial charge is 0.497 e. The Kier molecular flexibility index (Phi) is 8.58. The SMILES string of the molecule is COc1ccc(CN2CCC(NC(=O)CC(C)C3CCCNC3)C2=O)cc1.Cl. The molecule has 3 atom stereocenters. The lowest BCUT2D eigenvalue weighted by atomic mass is 9.85. The van der Waals surface area contributed by atoms with Crippen molar-refractivity contribution in [3.8, 4) is 5.75 Å². The van der Waals surface area contributed by atoms with Gasteiger partial charge in [-0.1, -0.05) is 19.1 Å². The lowest BCUT2D eigenvalue weighted by Crippen LogP contribution is -2.42. The highest BCUT2D eigenvalue weighted by molar-refractivity contribution is 5.89. The van der Waals surface area contributed by atoms with Gasteiger partial charge in [-0.25, -0.2) is 0 Å². The van der Waals surface area contributed by atoms with E-state index in [-0.39, 0.29) is 30.3 Å². The summed E-state index contributed by atoms with van der Waals surface area (Å²) in [5, 5.41) is 6.37. The molecule has 2 aliphatic heterocycles. The number of likely N-dealkylation sites (tertiary alicyclic amines) is 1. The summed E-state index contributed by atoms with van der Waals surface area (Å²) in [6, 6.07) is 7.36. The van der Waals surface area contributed by atoms with Crippen LogP contribution in [0.1, 0.15) is 38.2 Å². The number of methoxy groups -OCH3 is 1. The number of rotatable bonds is 7. The van der Waals surface area contributed by atoms with E-state index in [0.717, 1.165) is 24.4 Å². The summed E-state index contributed by atoms with van der Waals surface area (Å²) < 4.78 is 5.16. The van der Waals surface area contributed by atoms with Gasteiger partial charge in [0.1, 0.15) is 11.8 Å². The molecule has 2 heterocycles. The van der Waals surface area contributed by atoms with Crippen LogP contribution < -0.4 is 15.4 Å². The summed E-state index contributed by atoms with van der Waals surface area (Å²) in [7, 11) is 1.64. The second kappa shape index (κ2) is 10.7. The molecule has 3 rings (SSSR count). The molecular weight excluding hydrogens is 378 g/mol. The Morgan fingerprint density at radius 1 is 1.32 bits per heavy atom. The fraction of sp³-hybridized carbons (Fsp3) is 0.619. The number of benzene rings is 1. The molecular formula is C21H32ClN3O3. The summed E-state index contributed by atoms with van der Waals surface area (Å²) in [5.74, 6) is 1.71. The van der Waals surface area contributed by atoms with E-state index >= 15 is 0 Å². The number of piperidine rings is 1. The highest BCUT2D eigenvalue weighted by atomic mass is 35.5. The molecule has 2 saturated heterocycles.